The van der Waals surface area contributed by atoms with Gasteiger partial charge in [0.25, 0.3) is 5.91 Å². The van der Waals surface area contributed by atoms with Gasteiger partial charge in [0.2, 0.25) is 11.8 Å². The fourth-order valence-corrected chi connectivity index (χ4v) is 3.60. The number of rotatable bonds is 7. The molecule has 1 atom stereocenters. The summed E-state index contributed by atoms with van der Waals surface area (Å²) in [6.45, 7) is 3.21. The van der Waals surface area contributed by atoms with Crippen LogP contribution in [0.15, 0.2) is 42.5 Å². The minimum Gasteiger partial charge on any atom is -0.342 e. The zero-order valence-electron chi connectivity index (χ0n) is 16.6. The van der Waals surface area contributed by atoms with Gasteiger partial charge in [-0.15, -0.1) is 0 Å². The molecule has 1 saturated heterocycles. The van der Waals surface area contributed by atoms with Crippen LogP contribution in [0.3, 0.4) is 0 Å². The quantitative estimate of drug-likeness (QED) is 0.637. The highest BCUT2D eigenvalue weighted by atomic mass is 35.5. The number of hydrogen-bond acceptors (Lipinski definition) is 3. The van der Waals surface area contributed by atoms with Crippen LogP contribution >= 0.6 is 23.2 Å². The van der Waals surface area contributed by atoms with Crippen LogP contribution in [-0.2, 0) is 9.59 Å². The molecule has 2 N–H and O–H groups in total. The molecule has 1 fully saturated rings. The molecule has 1 heterocycles. The second-order valence-electron chi connectivity index (χ2n) is 7.22. The molecule has 1 aliphatic rings. The van der Waals surface area contributed by atoms with Gasteiger partial charge in [0.05, 0.1) is 21.7 Å². The first-order valence-electron chi connectivity index (χ1n) is 9.83. The second kappa shape index (κ2) is 9.96. The average Bonchev–Trinajstić information content (AvgIpc) is 3.11. The minimum atomic E-state index is -0.359. The molecule has 158 valence electrons. The van der Waals surface area contributed by atoms with Gasteiger partial charge < -0.3 is 15.5 Å². The van der Waals surface area contributed by atoms with Gasteiger partial charge >= 0.3 is 0 Å². The maximum Gasteiger partial charge on any atom is 0.255 e. The molecule has 3 amide bonds. The summed E-state index contributed by atoms with van der Waals surface area (Å²) in [5.74, 6) is -0.868. The summed E-state index contributed by atoms with van der Waals surface area (Å²) in [5.41, 5.74) is 1.40. The van der Waals surface area contributed by atoms with E-state index >= 15 is 0 Å². The number of amides is 3. The molecular formula is C22H23Cl2N3O3. The summed E-state index contributed by atoms with van der Waals surface area (Å²) in [6, 6.07) is 11.5. The number of nitrogens with zero attached hydrogens (tertiary/aromatic N) is 1. The number of likely N-dealkylation sites (tertiary alicyclic amines) is 1. The number of anilines is 2. The molecule has 0 unspecified atom stereocenters. The predicted octanol–water partition coefficient (Wildman–Crippen LogP) is 4.83. The Hall–Kier alpha value is -2.57. The van der Waals surface area contributed by atoms with Gasteiger partial charge in [-0.05, 0) is 42.8 Å². The van der Waals surface area contributed by atoms with Crippen LogP contribution in [-0.4, -0.2) is 35.7 Å². The Bertz CT molecular complexity index is 947. The van der Waals surface area contributed by atoms with E-state index in [9.17, 15) is 14.4 Å². The molecular weight excluding hydrogens is 425 g/mol. The van der Waals surface area contributed by atoms with Crippen molar-refractivity contribution in [3.05, 3.63) is 58.1 Å². The predicted molar refractivity (Wildman–Crippen MR) is 119 cm³/mol. The highest BCUT2D eigenvalue weighted by Gasteiger charge is 2.33. The normalized spacial score (nSPS) is 15.9. The standard InChI is InChI=1S/C22H23Cl2N3O3/c1-2-3-11-27-13-15(12-19(27)28)22(30)25-16-9-7-14(8-10-16)21(29)26-18-6-4-5-17(23)20(18)24/h4-10,15H,2-3,11-13H2,1H3,(H,25,30)(H,26,29)/t15-/m1/s1. The molecule has 2 aromatic rings. The summed E-state index contributed by atoms with van der Waals surface area (Å²) >= 11 is 12.1. The van der Waals surface area contributed by atoms with Crippen LogP contribution < -0.4 is 10.6 Å². The first-order chi connectivity index (χ1) is 14.4. The number of carbonyl (C=O) groups is 3. The molecule has 6 nitrogen and oxygen atoms in total. The van der Waals surface area contributed by atoms with E-state index in [1.807, 2.05) is 0 Å². The van der Waals surface area contributed by atoms with E-state index in [0.717, 1.165) is 12.8 Å². The molecule has 0 aromatic heterocycles. The van der Waals surface area contributed by atoms with Crippen molar-refractivity contribution in [2.24, 2.45) is 5.92 Å². The smallest absolute Gasteiger partial charge is 0.255 e. The Morgan fingerprint density at radius 3 is 2.53 bits per heavy atom. The zero-order valence-corrected chi connectivity index (χ0v) is 18.1. The minimum absolute atomic E-state index is 0.0234. The lowest BCUT2D eigenvalue weighted by atomic mass is 10.1. The van der Waals surface area contributed by atoms with Crippen molar-refractivity contribution < 1.29 is 14.4 Å². The van der Waals surface area contributed by atoms with Gasteiger partial charge in [0.15, 0.2) is 0 Å². The number of carbonyl (C=O) groups excluding carboxylic acids is 3. The van der Waals surface area contributed by atoms with Gasteiger partial charge in [-0.2, -0.15) is 0 Å². The monoisotopic (exact) mass is 447 g/mol. The molecule has 3 rings (SSSR count). The van der Waals surface area contributed by atoms with Crippen molar-refractivity contribution in [2.45, 2.75) is 26.2 Å². The van der Waals surface area contributed by atoms with Gasteiger partial charge in [-0.25, -0.2) is 0 Å². The van der Waals surface area contributed by atoms with Gasteiger partial charge in [-0.3, -0.25) is 14.4 Å². The third-order valence-corrected chi connectivity index (χ3v) is 5.80. The van der Waals surface area contributed by atoms with E-state index < -0.39 is 0 Å². The van der Waals surface area contributed by atoms with Crippen LogP contribution in [0, 0.1) is 5.92 Å². The van der Waals surface area contributed by atoms with Gasteiger partial charge in [0.1, 0.15) is 0 Å². The Morgan fingerprint density at radius 2 is 1.83 bits per heavy atom. The lowest BCUT2D eigenvalue weighted by molar-refractivity contribution is -0.128. The Labute approximate surface area is 185 Å². The number of halogens is 2. The molecule has 30 heavy (non-hydrogen) atoms. The number of nitrogens with one attached hydrogen (secondary N) is 2. The molecule has 0 aliphatic carbocycles. The SMILES string of the molecule is CCCCN1C[C@H](C(=O)Nc2ccc(C(=O)Nc3cccc(Cl)c3Cl)cc2)CC1=O. The van der Waals surface area contributed by atoms with Crippen LogP contribution in [0.4, 0.5) is 11.4 Å². The largest absolute Gasteiger partial charge is 0.342 e. The van der Waals surface area contributed by atoms with Crippen LogP contribution in [0.25, 0.3) is 0 Å². The molecule has 0 bridgehead atoms. The number of benzene rings is 2. The van der Waals surface area contributed by atoms with Crippen molar-refractivity contribution in [3.63, 3.8) is 0 Å². The maximum absolute atomic E-state index is 12.5. The first-order valence-corrected chi connectivity index (χ1v) is 10.6. The molecule has 0 radical (unpaired) electrons. The number of unbranched alkanes of at least 4 members (excludes halogenated alkanes) is 1. The van der Waals surface area contributed by atoms with Gasteiger partial charge in [0, 0.05) is 30.8 Å². The average molecular weight is 448 g/mol. The van der Waals surface area contributed by atoms with E-state index in [-0.39, 0.29) is 35.1 Å². The lowest BCUT2D eigenvalue weighted by Gasteiger charge is -2.16. The summed E-state index contributed by atoms with van der Waals surface area (Å²) in [4.78, 5) is 38.7. The molecule has 2 aromatic carbocycles. The summed E-state index contributed by atoms with van der Waals surface area (Å²) in [5, 5.41) is 6.17. The van der Waals surface area contributed by atoms with Crippen molar-refractivity contribution in [3.8, 4) is 0 Å². The van der Waals surface area contributed by atoms with Gasteiger partial charge in [-0.1, -0.05) is 42.6 Å². The summed E-state index contributed by atoms with van der Waals surface area (Å²) < 4.78 is 0. The molecule has 1 aliphatic heterocycles. The van der Waals surface area contributed by atoms with E-state index in [1.165, 1.54) is 0 Å². The van der Waals surface area contributed by atoms with E-state index in [0.29, 0.717) is 35.1 Å². The third kappa shape index (κ3) is 5.32. The Kier molecular flexibility index (Phi) is 7.34. The van der Waals surface area contributed by atoms with E-state index in [2.05, 4.69) is 17.6 Å². The number of hydrogen-bond donors (Lipinski definition) is 2. The van der Waals surface area contributed by atoms with E-state index in [4.69, 9.17) is 23.2 Å². The second-order valence-corrected chi connectivity index (χ2v) is 8.00. The first kappa shape index (κ1) is 22.1. The summed E-state index contributed by atoms with van der Waals surface area (Å²) in [6.07, 6.45) is 2.17. The lowest BCUT2D eigenvalue weighted by Crippen LogP contribution is -2.29. The Balaban J connectivity index is 1.58. The van der Waals surface area contributed by atoms with E-state index in [1.54, 1.807) is 47.4 Å². The van der Waals surface area contributed by atoms with Crippen molar-refractivity contribution in [1.29, 1.82) is 0 Å². The van der Waals surface area contributed by atoms with Crippen molar-refractivity contribution in [2.75, 3.05) is 23.7 Å². The highest BCUT2D eigenvalue weighted by Crippen LogP contribution is 2.30. The molecule has 8 heteroatoms. The highest BCUT2D eigenvalue weighted by molar-refractivity contribution is 6.44. The van der Waals surface area contributed by atoms with Crippen LogP contribution in [0.2, 0.25) is 10.0 Å². The Morgan fingerprint density at radius 1 is 1.10 bits per heavy atom. The topological polar surface area (TPSA) is 78.5 Å². The summed E-state index contributed by atoms with van der Waals surface area (Å²) in [7, 11) is 0. The zero-order chi connectivity index (χ0) is 21.7. The van der Waals surface area contributed by atoms with Crippen LogP contribution in [0.1, 0.15) is 36.5 Å². The van der Waals surface area contributed by atoms with Crippen molar-refractivity contribution in [1.82, 2.24) is 4.90 Å². The maximum atomic E-state index is 12.5. The fourth-order valence-electron chi connectivity index (χ4n) is 3.26. The third-order valence-electron chi connectivity index (χ3n) is 4.98. The fraction of sp³-hybridized carbons (Fsp3) is 0.318. The molecule has 0 saturated carbocycles. The molecule has 0 spiro atoms. The van der Waals surface area contributed by atoms with Crippen LogP contribution in [0.5, 0.6) is 0 Å². The van der Waals surface area contributed by atoms with Crippen molar-refractivity contribution >= 4 is 52.3 Å².